The molecule has 0 aliphatic carbocycles. The van der Waals surface area contributed by atoms with Crippen LogP contribution >= 0.6 is 0 Å². The molecule has 0 amide bonds. The molecule has 5 heteroatoms. The second kappa shape index (κ2) is 6.84. The Morgan fingerprint density at radius 3 is 2.37 bits per heavy atom. The topological polar surface area (TPSA) is 47.9 Å². The number of halogens is 1. The average molecular weight is 272 g/mol. The lowest BCUT2D eigenvalue weighted by atomic mass is 9.93. The van der Waals surface area contributed by atoms with Crippen LogP contribution in [0.2, 0.25) is 0 Å². The molecule has 1 unspecified atom stereocenters. The number of benzene rings is 1. The van der Waals surface area contributed by atoms with Gasteiger partial charge in [0.15, 0.2) is 17.9 Å². The summed E-state index contributed by atoms with van der Waals surface area (Å²) in [7, 11) is 4.44. The van der Waals surface area contributed by atoms with Gasteiger partial charge in [0, 0.05) is 27.1 Å². The Balaban J connectivity index is 2.74. The summed E-state index contributed by atoms with van der Waals surface area (Å²) in [6.45, 7) is 1.67. The first-order chi connectivity index (χ1) is 8.91. The van der Waals surface area contributed by atoms with Gasteiger partial charge in [-0.25, -0.2) is 4.39 Å². The fourth-order valence-corrected chi connectivity index (χ4v) is 1.95. The van der Waals surface area contributed by atoms with Gasteiger partial charge >= 0.3 is 0 Å². The summed E-state index contributed by atoms with van der Waals surface area (Å²) in [5, 5.41) is 10.3. The number of hydrogen-bond donors (Lipinski definition) is 1. The minimum atomic E-state index is -1.04. The molecule has 19 heavy (non-hydrogen) atoms. The van der Waals surface area contributed by atoms with Crippen LogP contribution in [0.3, 0.4) is 0 Å². The quantitative estimate of drug-likeness (QED) is 0.773. The highest BCUT2D eigenvalue weighted by atomic mass is 19.1. The van der Waals surface area contributed by atoms with Gasteiger partial charge in [0.05, 0.1) is 12.7 Å². The van der Waals surface area contributed by atoms with Gasteiger partial charge in [-0.2, -0.15) is 0 Å². The molecule has 0 bridgehead atoms. The molecule has 108 valence electrons. The minimum Gasteiger partial charge on any atom is -0.494 e. The lowest BCUT2D eigenvalue weighted by molar-refractivity contribution is -0.139. The van der Waals surface area contributed by atoms with Crippen LogP contribution in [-0.2, 0) is 15.9 Å². The van der Waals surface area contributed by atoms with Gasteiger partial charge < -0.3 is 19.3 Å². The van der Waals surface area contributed by atoms with E-state index in [0.717, 1.165) is 0 Å². The summed E-state index contributed by atoms with van der Waals surface area (Å²) in [6, 6.07) is 4.64. The number of ether oxygens (including phenoxy) is 3. The van der Waals surface area contributed by atoms with Crippen molar-refractivity contribution in [1.29, 1.82) is 0 Å². The molecule has 4 nitrogen and oxygen atoms in total. The predicted molar refractivity (Wildman–Crippen MR) is 69.7 cm³/mol. The lowest BCUT2D eigenvalue weighted by Gasteiger charge is -2.27. The van der Waals surface area contributed by atoms with E-state index in [2.05, 4.69) is 0 Å². The predicted octanol–water partition coefficient (Wildman–Crippen LogP) is 2.14. The molecule has 0 aliphatic rings. The molecule has 0 aliphatic heterocycles. The van der Waals surface area contributed by atoms with Gasteiger partial charge in [0.25, 0.3) is 0 Å². The van der Waals surface area contributed by atoms with E-state index in [1.54, 1.807) is 19.1 Å². The fraction of sp³-hybridized carbons (Fsp3) is 0.571. The lowest BCUT2D eigenvalue weighted by Crippen LogP contribution is -2.34. The smallest absolute Gasteiger partial charge is 0.165 e. The zero-order valence-electron chi connectivity index (χ0n) is 11.8. The molecule has 1 atom stereocenters. The summed E-state index contributed by atoms with van der Waals surface area (Å²) in [4.78, 5) is 0. The molecule has 0 saturated carbocycles. The largest absolute Gasteiger partial charge is 0.494 e. The first-order valence-electron chi connectivity index (χ1n) is 6.02. The zero-order chi connectivity index (χ0) is 14.5. The third kappa shape index (κ3) is 4.78. The van der Waals surface area contributed by atoms with E-state index in [-0.39, 0.29) is 5.75 Å². The average Bonchev–Trinajstić information content (AvgIpc) is 2.35. The summed E-state index contributed by atoms with van der Waals surface area (Å²) in [5.41, 5.74) is -0.355. The van der Waals surface area contributed by atoms with Crippen LogP contribution in [0.25, 0.3) is 0 Å². The molecular formula is C14H21FO4. The second-order valence-corrected chi connectivity index (χ2v) is 4.75. The van der Waals surface area contributed by atoms with Crippen molar-refractivity contribution >= 4 is 0 Å². The zero-order valence-corrected chi connectivity index (χ0v) is 11.8. The number of aliphatic hydroxyl groups is 1. The molecule has 1 N–H and O–H groups in total. The number of rotatable bonds is 7. The Hall–Kier alpha value is -1.17. The van der Waals surface area contributed by atoms with Crippen LogP contribution in [0.5, 0.6) is 5.75 Å². The molecule has 0 aromatic heterocycles. The summed E-state index contributed by atoms with van der Waals surface area (Å²) < 4.78 is 28.5. The van der Waals surface area contributed by atoms with E-state index in [0.29, 0.717) is 18.4 Å². The van der Waals surface area contributed by atoms with Gasteiger partial charge in [-0.1, -0.05) is 6.07 Å². The van der Waals surface area contributed by atoms with Crippen molar-refractivity contribution in [2.75, 3.05) is 21.3 Å². The van der Waals surface area contributed by atoms with E-state index in [4.69, 9.17) is 14.2 Å². The van der Waals surface area contributed by atoms with Crippen molar-refractivity contribution < 1.29 is 23.7 Å². The summed E-state index contributed by atoms with van der Waals surface area (Å²) in [6.07, 6.45) is 0.114. The maximum absolute atomic E-state index is 13.6. The van der Waals surface area contributed by atoms with E-state index in [1.165, 1.54) is 27.4 Å². The number of hydrogen-bond acceptors (Lipinski definition) is 4. The van der Waals surface area contributed by atoms with Gasteiger partial charge in [-0.05, 0) is 24.6 Å². The molecule has 1 aromatic carbocycles. The van der Waals surface area contributed by atoms with E-state index in [1.807, 2.05) is 0 Å². The molecule has 0 heterocycles. The molecule has 0 saturated heterocycles. The van der Waals surface area contributed by atoms with Crippen LogP contribution in [0.15, 0.2) is 18.2 Å². The summed E-state index contributed by atoms with van der Waals surface area (Å²) >= 11 is 0. The first-order valence-corrected chi connectivity index (χ1v) is 6.02. The third-order valence-electron chi connectivity index (χ3n) is 2.93. The fourth-order valence-electron chi connectivity index (χ4n) is 1.95. The van der Waals surface area contributed by atoms with Gasteiger partial charge in [-0.15, -0.1) is 0 Å². The maximum Gasteiger partial charge on any atom is 0.165 e. The van der Waals surface area contributed by atoms with Crippen molar-refractivity contribution in [3.8, 4) is 5.75 Å². The minimum absolute atomic E-state index is 0.190. The van der Waals surface area contributed by atoms with Crippen LogP contribution in [0, 0.1) is 5.82 Å². The highest BCUT2D eigenvalue weighted by Crippen LogP contribution is 2.24. The normalized spacial score (nSPS) is 14.5. The Bertz CT molecular complexity index is 402. The van der Waals surface area contributed by atoms with Crippen LogP contribution in [0.1, 0.15) is 18.9 Å². The Kier molecular flexibility index (Phi) is 5.72. The van der Waals surface area contributed by atoms with E-state index < -0.39 is 17.7 Å². The van der Waals surface area contributed by atoms with Crippen LogP contribution in [0.4, 0.5) is 4.39 Å². The monoisotopic (exact) mass is 272 g/mol. The number of methoxy groups -OCH3 is 3. The molecule has 0 fully saturated rings. The Labute approximate surface area is 113 Å². The van der Waals surface area contributed by atoms with Crippen molar-refractivity contribution in [1.82, 2.24) is 0 Å². The second-order valence-electron chi connectivity index (χ2n) is 4.75. The first kappa shape index (κ1) is 15.9. The van der Waals surface area contributed by atoms with Crippen LogP contribution < -0.4 is 4.74 Å². The van der Waals surface area contributed by atoms with E-state index in [9.17, 15) is 9.50 Å². The van der Waals surface area contributed by atoms with Gasteiger partial charge in [-0.3, -0.25) is 0 Å². The Morgan fingerprint density at radius 1 is 1.26 bits per heavy atom. The van der Waals surface area contributed by atoms with Gasteiger partial charge in [0.2, 0.25) is 0 Å². The van der Waals surface area contributed by atoms with Crippen molar-refractivity contribution in [2.45, 2.75) is 31.7 Å². The van der Waals surface area contributed by atoms with Gasteiger partial charge in [0.1, 0.15) is 0 Å². The maximum atomic E-state index is 13.6. The molecule has 0 spiro atoms. The molecular weight excluding hydrogens is 251 g/mol. The van der Waals surface area contributed by atoms with Crippen molar-refractivity contribution in [3.63, 3.8) is 0 Å². The highest BCUT2D eigenvalue weighted by molar-refractivity contribution is 5.30. The van der Waals surface area contributed by atoms with Crippen molar-refractivity contribution in [2.24, 2.45) is 0 Å². The molecule has 1 aromatic rings. The standard InChI is InChI=1S/C14H21FO4/c1-14(16,9-13(18-3)19-4)8-10-5-6-12(17-2)11(15)7-10/h5-7,13,16H,8-9H2,1-4H3. The Morgan fingerprint density at radius 2 is 1.89 bits per heavy atom. The van der Waals surface area contributed by atoms with Crippen molar-refractivity contribution in [3.05, 3.63) is 29.6 Å². The SMILES string of the molecule is COc1ccc(CC(C)(O)CC(OC)OC)cc1F. The highest BCUT2D eigenvalue weighted by Gasteiger charge is 2.26. The van der Waals surface area contributed by atoms with E-state index >= 15 is 0 Å². The molecule has 0 radical (unpaired) electrons. The molecule has 1 rings (SSSR count). The summed E-state index contributed by atoms with van der Waals surface area (Å²) in [5.74, 6) is -0.249. The van der Waals surface area contributed by atoms with Crippen LogP contribution in [-0.4, -0.2) is 38.3 Å². The third-order valence-corrected chi connectivity index (χ3v) is 2.93.